The Balaban J connectivity index is 0.00000242. The lowest BCUT2D eigenvalue weighted by atomic mass is 9.99. The zero-order valence-corrected chi connectivity index (χ0v) is 15.1. The summed E-state index contributed by atoms with van der Waals surface area (Å²) in [4.78, 5) is 0.274. The molecule has 22 heavy (non-hydrogen) atoms. The molecule has 2 N–H and O–H groups in total. The summed E-state index contributed by atoms with van der Waals surface area (Å²) in [7, 11) is -0.201. The Morgan fingerprint density at radius 1 is 1.45 bits per heavy atom. The zero-order valence-electron chi connectivity index (χ0n) is 13.5. The van der Waals surface area contributed by atoms with Crippen LogP contribution in [0.15, 0.2) is 4.90 Å². The van der Waals surface area contributed by atoms with Crippen molar-refractivity contribution in [2.24, 2.45) is 7.05 Å². The number of halogens is 1. The van der Waals surface area contributed by atoms with Crippen molar-refractivity contribution >= 4 is 22.4 Å². The molecular weight excluding hydrogens is 328 g/mol. The van der Waals surface area contributed by atoms with Gasteiger partial charge in [0.05, 0.1) is 23.5 Å². The van der Waals surface area contributed by atoms with Gasteiger partial charge in [-0.25, -0.2) is 13.1 Å². The molecule has 0 aliphatic carbocycles. The first-order valence-electron chi connectivity index (χ1n) is 7.05. The molecule has 1 unspecified atom stereocenters. The number of sulfonamides is 1. The van der Waals surface area contributed by atoms with Crippen molar-refractivity contribution in [1.29, 1.82) is 0 Å². The summed E-state index contributed by atoms with van der Waals surface area (Å²) in [5.41, 5.74) is 0.842. The topological polar surface area (TPSA) is 85.2 Å². The van der Waals surface area contributed by atoms with Gasteiger partial charge >= 0.3 is 0 Å². The molecule has 128 valence electrons. The minimum atomic E-state index is -3.57. The Morgan fingerprint density at radius 3 is 2.59 bits per heavy atom. The first-order valence-corrected chi connectivity index (χ1v) is 8.53. The minimum absolute atomic E-state index is 0. The molecular formula is C13H25ClN4O3S. The van der Waals surface area contributed by atoms with E-state index in [0.717, 1.165) is 19.4 Å². The molecule has 2 heterocycles. The van der Waals surface area contributed by atoms with Crippen LogP contribution >= 0.6 is 12.4 Å². The van der Waals surface area contributed by atoms with Gasteiger partial charge < -0.3 is 10.1 Å². The van der Waals surface area contributed by atoms with Gasteiger partial charge in [0.15, 0.2) is 0 Å². The summed E-state index contributed by atoms with van der Waals surface area (Å²) in [5, 5.41) is 7.52. The molecule has 0 amide bonds. The average molecular weight is 353 g/mol. The van der Waals surface area contributed by atoms with Crippen molar-refractivity contribution in [1.82, 2.24) is 19.8 Å². The van der Waals surface area contributed by atoms with Gasteiger partial charge in [-0.15, -0.1) is 12.4 Å². The highest BCUT2D eigenvalue weighted by molar-refractivity contribution is 7.89. The second kappa shape index (κ2) is 7.27. The van der Waals surface area contributed by atoms with Crippen molar-refractivity contribution in [3.63, 3.8) is 0 Å². The molecule has 0 spiro atoms. The maximum Gasteiger partial charge on any atom is 0.244 e. The normalized spacial score (nSPS) is 21.8. The SMILES string of the molecule is COCC1(CNS(=O)(=O)c2c(C)nn(C)c2C)CCCN1.Cl. The van der Waals surface area contributed by atoms with Crippen LogP contribution in [-0.2, 0) is 21.8 Å². The summed E-state index contributed by atoms with van der Waals surface area (Å²) >= 11 is 0. The molecule has 0 radical (unpaired) electrons. The van der Waals surface area contributed by atoms with Gasteiger partial charge in [-0.1, -0.05) is 0 Å². The summed E-state index contributed by atoms with van der Waals surface area (Å²) in [6.45, 7) is 5.15. The standard InChI is InChI=1S/C13H24N4O3S.ClH/c1-10-12(11(2)17(3)16-10)21(18,19)15-8-13(9-20-4)6-5-7-14-13;/h14-15H,5-9H2,1-4H3;1H. The minimum Gasteiger partial charge on any atom is -0.383 e. The number of hydrogen-bond donors (Lipinski definition) is 2. The average Bonchev–Trinajstić information content (AvgIpc) is 2.95. The van der Waals surface area contributed by atoms with Crippen molar-refractivity contribution in [3.05, 3.63) is 11.4 Å². The molecule has 1 fully saturated rings. The van der Waals surface area contributed by atoms with Crippen molar-refractivity contribution in [3.8, 4) is 0 Å². The van der Waals surface area contributed by atoms with E-state index >= 15 is 0 Å². The van der Waals surface area contributed by atoms with E-state index in [0.29, 0.717) is 24.5 Å². The van der Waals surface area contributed by atoms with Gasteiger partial charge in [0.2, 0.25) is 10.0 Å². The monoisotopic (exact) mass is 352 g/mol. The molecule has 9 heteroatoms. The fraction of sp³-hybridized carbons (Fsp3) is 0.769. The lowest BCUT2D eigenvalue weighted by molar-refractivity contribution is 0.122. The quantitative estimate of drug-likeness (QED) is 0.779. The van der Waals surface area contributed by atoms with Crippen LogP contribution in [0.3, 0.4) is 0 Å². The highest BCUT2D eigenvalue weighted by atomic mass is 35.5. The maximum atomic E-state index is 12.6. The third-order valence-corrected chi connectivity index (χ3v) is 5.72. The Morgan fingerprint density at radius 2 is 2.14 bits per heavy atom. The van der Waals surface area contributed by atoms with Crippen LogP contribution in [0.25, 0.3) is 0 Å². The van der Waals surface area contributed by atoms with Gasteiger partial charge in [-0.3, -0.25) is 4.68 Å². The molecule has 0 saturated carbocycles. The first-order chi connectivity index (χ1) is 9.81. The van der Waals surface area contributed by atoms with E-state index < -0.39 is 10.0 Å². The molecule has 2 rings (SSSR count). The second-order valence-electron chi connectivity index (χ2n) is 5.69. The summed E-state index contributed by atoms with van der Waals surface area (Å²) in [6, 6.07) is 0. The van der Waals surface area contributed by atoms with Gasteiger partial charge in [-0.2, -0.15) is 5.10 Å². The molecule has 0 aromatic carbocycles. The molecule has 1 atom stereocenters. The number of hydrogen-bond acceptors (Lipinski definition) is 5. The number of methoxy groups -OCH3 is 1. The number of aromatic nitrogens is 2. The highest BCUT2D eigenvalue weighted by Gasteiger charge is 2.35. The summed E-state index contributed by atoms with van der Waals surface area (Å²) in [5.74, 6) is 0. The van der Waals surface area contributed by atoms with E-state index in [1.807, 2.05) is 0 Å². The van der Waals surface area contributed by atoms with Gasteiger partial charge in [0, 0.05) is 20.7 Å². The molecule has 1 aromatic rings. The first kappa shape index (κ1) is 19.4. The van der Waals surface area contributed by atoms with Gasteiger partial charge in [0.25, 0.3) is 0 Å². The predicted octanol–water partition coefficient (Wildman–Crippen LogP) is 0.506. The molecule has 1 aliphatic rings. The zero-order chi connectivity index (χ0) is 15.7. The predicted molar refractivity (Wildman–Crippen MR) is 87.0 cm³/mol. The van der Waals surface area contributed by atoms with E-state index in [-0.39, 0.29) is 22.8 Å². The van der Waals surface area contributed by atoms with E-state index in [2.05, 4.69) is 15.1 Å². The lowest BCUT2D eigenvalue weighted by Crippen LogP contribution is -2.52. The fourth-order valence-electron chi connectivity index (χ4n) is 2.92. The van der Waals surface area contributed by atoms with Crippen molar-refractivity contribution < 1.29 is 13.2 Å². The number of nitrogens with one attached hydrogen (secondary N) is 2. The van der Waals surface area contributed by atoms with Crippen molar-refractivity contribution in [2.45, 2.75) is 37.1 Å². The highest BCUT2D eigenvalue weighted by Crippen LogP contribution is 2.22. The Kier molecular flexibility index (Phi) is 6.40. The smallest absolute Gasteiger partial charge is 0.244 e. The van der Waals surface area contributed by atoms with Gasteiger partial charge in [-0.05, 0) is 33.2 Å². The number of ether oxygens (including phenoxy) is 1. The molecule has 1 saturated heterocycles. The van der Waals surface area contributed by atoms with Crippen LogP contribution in [-0.4, -0.2) is 50.5 Å². The maximum absolute atomic E-state index is 12.6. The van der Waals surface area contributed by atoms with Crippen LogP contribution in [0.4, 0.5) is 0 Å². The largest absolute Gasteiger partial charge is 0.383 e. The van der Waals surface area contributed by atoms with Crippen molar-refractivity contribution in [2.75, 3.05) is 26.8 Å². The lowest BCUT2D eigenvalue weighted by Gasteiger charge is -2.28. The Labute approximate surface area is 138 Å². The van der Waals surface area contributed by atoms with Gasteiger partial charge in [0.1, 0.15) is 4.90 Å². The molecule has 0 bridgehead atoms. The summed E-state index contributed by atoms with van der Waals surface area (Å²) in [6.07, 6.45) is 1.92. The molecule has 1 aromatic heterocycles. The van der Waals surface area contributed by atoms with Crippen LogP contribution in [0.2, 0.25) is 0 Å². The van der Waals surface area contributed by atoms with Crippen LogP contribution in [0, 0.1) is 13.8 Å². The Bertz CT molecular complexity index is 609. The van der Waals surface area contributed by atoms with E-state index in [4.69, 9.17) is 4.74 Å². The molecule has 1 aliphatic heterocycles. The van der Waals surface area contributed by atoms with E-state index in [9.17, 15) is 8.42 Å². The number of nitrogens with zero attached hydrogens (tertiary/aromatic N) is 2. The molecule has 7 nitrogen and oxygen atoms in total. The third-order valence-electron chi connectivity index (χ3n) is 4.06. The van der Waals surface area contributed by atoms with Crippen LogP contribution in [0.5, 0.6) is 0 Å². The fourth-order valence-corrected chi connectivity index (χ4v) is 4.48. The number of rotatable bonds is 6. The second-order valence-corrected chi connectivity index (χ2v) is 7.40. The third kappa shape index (κ3) is 3.80. The number of aryl methyl sites for hydroxylation is 2. The van der Waals surface area contributed by atoms with Crippen LogP contribution in [0.1, 0.15) is 24.2 Å². The van der Waals surface area contributed by atoms with Crippen LogP contribution < -0.4 is 10.0 Å². The Hall–Kier alpha value is -0.670. The summed E-state index contributed by atoms with van der Waals surface area (Å²) < 4.78 is 34.7. The van der Waals surface area contributed by atoms with E-state index in [1.165, 1.54) is 0 Å². The van der Waals surface area contributed by atoms with E-state index in [1.54, 1.807) is 32.7 Å².